The molecule has 0 fully saturated rings. The third-order valence-electron chi connectivity index (χ3n) is 3.65. The Hall–Kier alpha value is -2.73. The summed E-state index contributed by atoms with van der Waals surface area (Å²) in [5, 5.41) is 4.43. The fourth-order valence-electron chi connectivity index (χ4n) is 2.27. The van der Waals surface area contributed by atoms with Gasteiger partial charge in [-0.1, -0.05) is 41.0 Å². The highest BCUT2D eigenvalue weighted by molar-refractivity contribution is 6.33. The van der Waals surface area contributed by atoms with Crippen LogP contribution in [0.15, 0.2) is 53.1 Å². The Kier molecular flexibility index (Phi) is 5.09. The van der Waals surface area contributed by atoms with Crippen LogP contribution in [0.4, 0.5) is 4.39 Å². The van der Waals surface area contributed by atoms with Crippen LogP contribution in [0.3, 0.4) is 0 Å². The van der Waals surface area contributed by atoms with Gasteiger partial charge in [-0.15, -0.1) is 0 Å². The number of aromatic nitrogens is 2. The van der Waals surface area contributed by atoms with Gasteiger partial charge in [0.1, 0.15) is 5.82 Å². The zero-order chi connectivity index (χ0) is 17.8. The average Bonchev–Trinajstić information content (AvgIpc) is 3.05. The number of rotatable bonds is 5. The van der Waals surface area contributed by atoms with E-state index >= 15 is 0 Å². The lowest BCUT2D eigenvalue weighted by Crippen LogP contribution is -2.27. The molecule has 3 aromatic rings. The Bertz CT molecular complexity index is 880. The maximum Gasteiger partial charge on any atom is 0.246 e. The third kappa shape index (κ3) is 4.22. The molecule has 1 aromatic heterocycles. The van der Waals surface area contributed by atoms with Crippen molar-refractivity contribution in [2.75, 3.05) is 7.05 Å². The Morgan fingerprint density at radius 2 is 1.92 bits per heavy atom. The molecule has 1 heterocycles. The summed E-state index contributed by atoms with van der Waals surface area (Å²) in [6.07, 6.45) is 0.169. The second kappa shape index (κ2) is 7.44. The van der Waals surface area contributed by atoms with Gasteiger partial charge in [-0.05, 0) is 29.8 Å². The van der Waals surface area contributed by atoms with Crippen LogP contribution in [0.2, 0.25) is 5.02 Å². The normalized spacial score (nSPS) is 10.7. The zero-order valence-electron chi connectivity index (χ0n) is 13.4. The lowest BCUT2D eigenvalue weighted by Gasteiger charge is -2.14. The highest BCUT2D eigenvalue weighted by atomic mass is 35.5. The van der Waals surface area contributed by atoms with Crippen molar-refractivity contribution in [2.45, 2.75) is 13.0 Å². The fourth-order valence-corrected chi connectivity index (χ4v) is 2.49. The van der Waals surface area contributed by atoms with Gasteiger partial charge in [0.15, 0.2) is 0 Å². The van der Waals surface area contributed by atoms with Crippen molar-refractivity contribution in [3.05, 3.63) is 70.8 Å². The molecule has 25 heavy (non-hydrogen) atoms. The maximum absolute atomic E-state index is 12.9. The molecule has 0 aliphatic rings. The van der Waals surface area contributed by atoms with Crippen molar-refractivity contribution >= 4 is 17.5 Å². The van der Waals surface area contributed by atoms with E-state index in [1.807, 2.05) is 12.1 Å². The van der Waals surface area contributed by atoms with Gasteiger partial charge < -0.3 is 9.42 Å². The van der Waals surface area contributed by atoms with Crippen LogP contribution >= 0.6 is 11.6 Å². The first kappa shape index (κ1) is 17.1. The van der Waals surface area contributed by atoms with Gasteiger partial charge in [0.05, 0.1) is 18.0 Å². The maximum atomic E-state index is 12.9. The lowest BCUT2D eigenvalue weighted by molar-refractivity contribution is -0.130. The molecule has 0 N–H and O–H groups in total. The minimum atomic E-state index is -0.331. The van der Waals surface area contributed by atoms with Crippen LogP contribution in [-0.4, -0.2) is 28.0 Å². The van der Waals surface area contributed by atoms with E-state index in [-0.39, 0.29) is 24.7 Å². The van der Waals surface area contributed by atoms with Crippen molar-refractivity contribution in [2.24, 2.45) is 0 Å². The summed E-state index contributed by atoms with van der Waals surface area (Å²) in [7, 11) is 1.64. The van der Waals surface area contributed by atoms with E-state index in [1.165, 1.54) is 17.0 Å². The molecular weight excluding hydrogens is 345 g/mol. The van der Waals surface area contributed by atoms with Crippen molar-refractivity contribution in [1.29, 1.82) is 0 Å². The monoisotopic (exact) mass is 359 g/mol. The quantitative estimate of drug-likeness (QED) is 0.696. The molecule has 0 saturated carbocycles. The van der Waals surface area contributed by atoms with Crippen LogP contribution in [0.25, 0.3) is 11.4 Å². The molecule has 0 saturated heterocycles. The van der Waals surface area contributed by atoms with Gasteiger partial charge >= 0.3 is 0 Å². The number of amides is 1. The Morgan fingerprint density at radius 3 is 2.64 bits per heavy atom. The molecular formula is C18H15ClFN3O2. The molecule has 0 aliphatic carbocycles. The fraction of sp³-hybridized carbons (Fsp3) is 0.167. The number of hydrogen-bond acceptors (Lipinski definition) is 4. The first-order valence-electron chi connectivity index (χ1n) is 7.59. The van der Waals surface area contributed by atoms with Crippen LogP contribution in [-0.2, 0) is 17.8 Å². The number of carbonyl (C=O) groups is 1. The van der Waals surface area contributed by atoms with E-state index in [2.05, 4.69) is 10.1 Å². The van der Waals surface area contributed by atoms with Crippen LogP contribution < -0.4 is 0 Å². The van der Waals surface area contributed by atoms with Gasteiger partial charge in [-0.25, -0.2) is 4.39 Å². The smallest absolute Gasteiger partial charge is 0.246 e. The van der Waals surface area contributed by atoms with Crippen LogP contribution in [0, 0.1) is 5.82 Å². The summed E-state index contributed by atoms with van der Waals surface area (Å²) in [5.41, 5.74) is 1.40. The highest BCUT2D eigenvalue weighted by Crippen LogP contribution is 2.25. The molecule has 0 spiro atoms. The summed E-state index contributed by atoms with van der Waals surface area (Å²) in [6.45, 7) is 0.178. The topological polar surface area (TPSA) is 59.2 Å². The third-order valence-corrected chi connectivity index (χ3v) is 3.98. The second-order valence-electron chi connectivity index (χ2n) is 5.54. The van der Waals surface area contributed by atoms with Gasteiger partial charge in [-0.3, -0.25) is 4.79 Å². The average molecular weight is 360 g/mol. The predicted molar refractivity (Wildman–Crippen MR) is 91.3 cm³/mol. The Morgan fingerprint density at radius 1 is 1.20 bits per heavy atom. The predicted octanol–water partition coefficient (Wildman–Crippen LogP) is 3.73. The number of hydrogen-bond donors (Lipinski definition) is 0. The molecule has 1 amide bonds. The molecule has 0 aliphatic heterocycles. The summed E-state index contributed by atoms with van der Waals surface area (Å²) in [5.74, 6) is 0.219. The molecule has 3 rings (SSSR count). The largest absolute Gasteiger partial charge is 0.337 e. The van der Waals surface area contributed by atoms with E-state index in [0.29, 0.717) is 22.3 Å². The SMILES string of the molecule is CN(Cc1nc(-c2ccccc2Cl)no1)C(=O)Cc1ccc(F)cc1. The first-order valence-corrected chi connectivity index (χ1v) is 7.96. The number of nitrogens with zero attached hydrogens (tertiary/aromatic N) is 3. The van der Waals surface area contributed by atoms with E-state index in [4.69, 9.17) is 16.1 Å². The van der Waals surface area contributed by atoms with Gasteiger partial charge in [0.2, 0.25) is 17.6 Å². The summed E-state index contributed by atoms with van der Waals surface area (Å²) in [4.78, 5) is 18.0. The number of likely N-dealkylation sites (N-methyl/N-ethyl adjacent to an activating group) is 1. The Labute approximate surface area is 149 Å². The van der Waals surface area contributed by atoms with E-state index in [1.54, 1.807) is 31.3 Å². The molecule has 0 atom stereocenters. The van der Waals surface area contributed by atoms with Gasteiger partial charge in [-0.2, -0.15) is 4.98 Å². The minimum absolute atomic E-state index is 0.135. The molecule has 0 bridgehead atoms. The molecule has 7 heteroatoms. The van der Waals surface area contributed by atoms with Crippen molar-refractivity contribution < 1.29 is 13.7 Å². The molecule has 2 aromatic carbocycles. The second-order valence-corrected chi connectivity index (χ2v) is 5.95. The summed E-state index contributed by atoms with van der Waals surface area (Å²) in [6, 6.07) is 13.0. The van der Waals surface area contributed by atoms with Gasteiger partial charge in [0.25, 0.3) is 0 Å². The Balaban J connectivity index is 1.65. The summed E-state index contributed by atoms with van der Waals surface area (Å²) >= 11 is 6.11. The van der Waals surface area contributed by atoms with Crippen molar-refractivity contribution in [3.8, 4) is 11.4 Å². The van der Waals surface area contributed by atoms with Crippen LogP contribution in [0.5, 0.6) is 0 Å². The van der Waals surface area contributed by atoms with Crippen molar-refractivity contribution in [1.82, 2.24) is 15.0 Å². The highest BCUT2D eigenvalue weighted by Gasteiger charge is 2.16. The van der Waals surface area contributed by atoms with Gasteiger partial charge in [0, 0.05) is 12.6 Å². The molecule has 0 unspecified atom stereocenters. The zero-order valence-corrected chi connectivity index (χ0v) is 14.2. The number of halogens is 2. The molecule has 128 valence electrons. The van der Waals surface area contributed by atoms with E-state index < -0.39 is 0 Å². The minimum Gasteiger partial charge on any atom is -0.337 e. The van der Waals surface area contributed by atoms with E-state index in [9.17, 15) is 9.18 Å². The standard InChI is InChI=1S/C18H15ClFN3O2/c1-23(17(24)10-12-6-8-13(20)9-7-12)11-16-21-18(22-25-16)14-4-2-3-5-15(14)19/h2-9H,10-11H2,1H3. The summed E-state index contributed by atoms with van der Waals surface area (Å²) < 4.78 is 18.1. The van der Waals surface area contributed by atoms with Crippen molar-refractivity contribution in [3.63, 3.8) is 0 Å². The molecule has 0 radical (unpaired) electrons. The molecule has 5 nitrogen and oxygen atoms in total. The first-order chi connectivity index (χ1) is 12.0. The number of carbonyl (C=O) groups excluding carboxylic acids is 1. The van der Waals surface area contributed by atoms with E-state index in [0.717, 1.165) is 5.56 Å². The van der Waals surface area contributed by atoms with Crippen LogP contribution in [0.1, 0.15) is 11.5 Å². The lowest BCUT2D eigenvalue weighted by atomic mass is 10.1. The number of benzene rings is 2.